The lowest BCUT2D eigenvalue weighted by Gasteiger charge is -2.13. The molecule has 1 aromatic rings. The highest BCUT2D eigenvalue weighted by atomic mass is 16.5. The van der Waals surface area contributed by atoms with Crippen molar-refractivity contribution in [2.45, 2.75) is 26.7 Å². The number of ether oxygens (including phenoxy) is 1. The van der Waals surface area contributed by atoms with Gasteiger partial charge in [0.2, 0.25) is 0 Å². The Morgan fingerprint density at radius 2 is 2.06 bits per heavy atom. The van der Waals surface area contributed by atoms with Crippen LogP contribution in [-0.4, -0.2) is 18.2 Å². The summed E-state index contributed by atoms with van der Waals surface area (Å²) in [6.45, 7) is 3.97. The third kappa shape index (κ3) is 3.49. The van der Waals surface area contributed by atoms with Crippen molar-refractivity contribution in [1.82, 2.24) is 0 Å². The second kappa shape index (κ2) is 6.06. The Bertz CT molecular complexity index is 489. The molecule has 0 heterocycles. The molecule has 18 heavy (non-hydrogen) atoms. The third-order valence-electron chi connectivity index (χ3n) is 2.97. The van der Waals surface area contributed by atoms with Crippen LogP contribution in [0.3, 0.4) is 0 Å². The second-order valence-electron chi connectivity index (χ2n) is 4.38. The fourth-order valence-corrected chi connectivity index (χ4v) is 1.84. The minimum atomic E-state index is -0.954. The smallest absolute Gasteiger partial charge is 0.304 e. The summed E-state index contributed by atoms with van der Waals surface area (Å²) in [5.74, 6) is -0.772. The summed E-state index contributed by atoms with van der Waals surface area (Å²) in [7, 11) is 1.58. The SMILES string of the molecule is COc1cc(C)c(C)cc1CC(C#N)CC(=O)O. The standard InChI is InChI=1S/C14H17NO3/c1-9-4-12(13(18-3)5-10(9)2)6-11(8-15)7-14(16)17/h4-5,11H,6-7H2,1-3H3,(H,16,17). The summed E-state index contributed by atoms with van der Waals surface area (Å²) in [6.07, 6.45) is 0.250. The minimum Gasteiger partial charge on any atom is -0.496 e. The van der Waals surface area contributed by atoms with E-state index in [-0.39, 0.29) is 6.42 Å². The van der Waals surface area contributed by atoms with Crippen LogP contribution in [0.15, 0.2) is 12.1 Å². The molecule has 0 fully saturated rings. The summed E-state index contributed by atoms with van der Waals surface area (Å²) in [6, 6.07) is 5.91. The van der Waals surface area contributed by atoms with Crippen LogP contribution in [0.4, 0.5) is 0 Å². The van der Waals surface area contributed by atoms with Crippen molar-refractivity contribution in [3.8, 4) is 11.8 Å². The topological polar surface area (TPSA) is 70.3 Å². The Balaban J connectivity index is 2.99. The number of nitrogens with zero attached hydrogens (tertiary/aromatic N) is 1. The quantitative estimate of drug-likeness (QED) is 0.867. The lowest BCUT2D eigenvalue weighted by Crippen LogP contribution is -2.09. The number of rotatable bonds is 5. The molecule has 0 radical (unpaired) electrons. The molecule has 4 heteroatoms. The molecule has 0 amide bonds. The molecule has 0 aliphatic heterocycles. The Morgan fingerprint density at radius 3 is 2.56 bits per heavy atom. The highest BCUT2D eigenvalue weighted by molar-refractivity contribution is 5.67. The van der Waals surface area contributed by atoms with Crippen LogP contribution >= 0.6 is 0 Å². The van der Waals surface area contributed by atoms with Gasteiger partial charge in [-0.25, -0.2) is 0 Å². The number of hydrogen-bond donors (Lipinski definition) is 1. The maximum atomic E-state index is 10.7. The van der Waals surface area contributed by atoms with Crippen LogP contribution in [0, 0.1) is 31.1 Å². The predicted molar refractivity (Wildman–Crippen MR) is 67.5 cm³/mol. The normalized spacial score (nSPS) is 11.7. The summed E-state index contributed by atoms with van der Waals surface area (Å²) in [4.78, 5) is 10.7. The third-order valence-corrected chi connectivity index (χ3v) is 2.97. The molecule has 0 aliphatic carbocycles. The number of carboxylic acids is 1. The Hall–Kier alpha value is -2.02. The molecule has 1 atom stereocenters. The van der Waals surface area contributed by atoms with Gasteiger partial charge in [-0.3, -0.25) is 4.79 Å². The van der Waals surface area contributed by atoms with E-state index in [4.69, 9.17) is 15.1 Å². The zero-order chi connectivity index (χ0) is 13.7. The molecule has 0 saturated carbocycles. The molecule has 0 aromatic heterocycles. The molecule has 4 nitrogen and oxygen atoms in total. The van der Waals surface area contributed by atoms with E-state index in [1.807, 2.05) is 32.0 Å². The van der Waals surface area contributed by atoms with Crippen molar-refractivity contribution in [2.75, 3.05) is 7.11 Å². The number of hydrogen-bond acceptors (Lipinski definition) is 3. The van der Waals surface area contributed by atoms with Gasteiger partial charge in [0.15, 0.2) is 0 Å². The number of methoxy groups -OCH3 is 1. The highest BCUT2D eigenvalue weighted by Gasteiger charge is 2.16. The van der Waals surface area contributed by atoms with E-state index in [0.29, 0.717) is 12.2 Å². The van der Waals surface area contributed by atoms with Gasteiger partial charge in [-0.2, -0.15) is 5.26 Å². The average Bonchev–Trinajstić information content (AvgIpc) is 2.31. The zero-order valence-electron chi connectivity index (χ0n) is 10.9. The second-order valence-corrected chi connectivity index (χ2v) is 4.38. The minimum absolute atomic E-state index is 0.146. The van der Waals surface area contributed by atoms with Crippen LogP contribution in [-0.2, 0) is 11.2 Å². The van der Waals surface area contributed by atoms with Gasteiger partial charge < -0.3 is 9.84 Å². The molecule has 0 aliphatic rings. The molecule has 1 aromatic carbocycles. The number of carboxylic acid groups (broad SMARTS) is 1. The van der Waals surface area contributed by atoms with Crippen LogP contribution in [0.2, 0.25) is 0 Å². The van der Waals surface area contributed by atoms with E-state index in [9.17, 15) is 4.79 Å². The van der Waals surface area contributed by atoms with Gasteiger partial charge in [-0.05, 0) is 43.0 Å². The van der Waals surface area contributed by atoms with Crippen molar-refractivity contribution < 1.29 is 14.6 Å². The fraction of sp³-hybridized carbons (Fsp3) is 0.429. The maximum absolute atomic E-state index is 10.7. The summed E-state index contributed by atoms with van der Waals surface area (Å²) in [5, 5.41) is 17.7. The summed E-state index contributed by atoms with van der Waals surface area (Å²) in [5.41, 5.74) is 3.11. The molecule has 1 N–H and O–H groups in total. The van der Waals surface area contributed by atoms with E-state index in [1.165, 1.54) is 0 Å². The molecule has 0 spiro atoms. The molecule has 1 unspecified atom stereocenters. The summed E-state index contributed by atoms with van der Waals surface area (Å²) < 4.78 is 5.27. The Morgan fingerprint density at radius 1 is 1.44 bits per heavy atom. The first-order chi connectivity index (χ1) is 8.47. The molecule has 0 bridgehead atoms. The van der Waals surface area contributed by atoms with Gasteiger partial charge in [0, 0.05) is 0 Å². The van der Waals surface area contributed by atoms with Crippen LogP contribution in [0.1, 0.15) is 23.1 Å². The van der Waals surface area contributed by atoms with E-state index >= 15 is 0 Å². The lowest BCUT2D eigenvalue weighted by molar-refractivity contribution is -0.137. The number of aryl methyl sites for hydroxylation is 2. The number of nitriles is 1. The van der Waals surface area contributed by atoms with Gasteiger partial charge >= 0.3 is 5.97 Å². The Labute approximate surface area is 107 Å². The highest BCUT2D eigenvalue weighted by Crippen LogP contribution is 2.26. The van der Waals surface area contributed by atoms with Crippen molar-refractivity contribution in [3.05, 3.63) is 28.8 Å². The Kier molecular flexibility index (Phi) is 4.73. The maximum Gasteiger partial charge on any atom is 0.304 e. The molecular weight excluding hydrogens is 230 g/mol. The molecule has 0 saturated heterocycles. The first-order valence-electron chi connectivity index (χ1n) is 5.73. The van der Waals surface area contributed by atoms with Crippen molar-refractivity contribution in [3.63, 3.8) is 0 Å². The van der Waals surface area contributed by atoms with E-state index < -0.39 is 11.9 Å². The van der Waals surface area contributed by atoms with E-state index in [1.54, 1.807) is 7.11 Å². The van der Waals surface area contributed by atoms with Crippen LogP contribution in [0.5, 0.6) is 5.75 Å². The van der Waals surface area contributed by atoms with Crippen molar-refractivity contribution in [1.29, 1.82) is 5.26 Å². The van der Waals surface area contributed by atoms with E-state index in [0.717, 1.165) is 16.7 Å². The lowest BCUT2D eigenvalue weighted by atomic mass is 9.94. The largest absolute Gasteiger partial charge is 0.496 e. The predicted octanol–water partition coefficient (Wildman–Crippen LogP) is 2.47. The monoisotopic (exact) mass is 247 g/mol. The zero-order valence-corrected chi connectivity index (χ0v) is 10.9. The van der Waals surface area contributed by atoms with Crippen LogP contribution < -0.4 is 4.74 Å². The van der Waals surface area contributed by atoms with Gasteiger partial charge in [0.05, 0.1) is 25.5 Å². The van der Waals surface area contributed by atoms with Crippen LogP contribution in [0.25, 0.3) is 0 Å². The number of aliphatic carboxylic acids is 1. The van der Waals surface area contributed by atoms with Gasteiger partial charge in [-0.1, -0.05) is 6.07 Å². The number of benzene rings is 1. The van der Waals surface area contributed by atoms with Gasteiger partial charge in [0.1, 0.15) is 5.75 Å². The molecule has 96 valence electrons. The van der Waals surface area contributed by atoms with Gasteiger partial charge in [-0.15, -0.1) is 0 Å². The average molecular weight is 247 g/mol. The molecular formula is C14H17NO3. The first kappa shape index (κ1) is 14.0. The first-order valence-corrected chi connectivity index (χ1v) is 5.73. The van der Waals surface area contributed by atoms with Gasteiger partial charge in [0.25, 0.3) is 0 Å². The summed E-state index contributed by atoms with van der Waals surface area (Å²) >= 11 is 0. The number of carbonyl (C=O) groups is 1. The fourth-order valence-electron chi connectivity index (χ4n) is 1.84. The van der Waals surface area contributed by atoms with E-state index in [2.05, 4.69) is 0 Å². The molecule has 1 rings (SSSR count). The van der Waals surface area contributed by atoms with Crippen molar-refractivity contribution in [2.24, 2.45) is 5.92 Å². The van der Waals surface area contributed by atoms with Crippen molar-refractivity contribution >= 4 is 5.97 Å².